The van der Waals surface area contributed by atoms with Gasteiger partial charge in [0.25, 0.3) is 0 Å². The van der Waals surface area contributed by atoms with Gasteiger partial charge < -0.3 is 10.1 Å². The number of nitriles is 1. The first-order valence-electron chi connectivity index (χ1n) is 4.35. The monoisotopic (exact) mass is 222 g/mol. The summed E-state index contributed by atoms with van der Waals surface area (Å²) in [7, 11) is 1.61. The quantitative estimate of drug-likeness (QED) is 0.800. The molecule has 0 atom stereocenters. The number of allylic oxidation sites excluding steroid dienone is 2. The molecule has 1 rings (SSSR count). The molecule has 0 saturated carbocycles. The van der Waals surface area contributed by atoms with Gasteiger partial charge in [-0.2, -0.15) is 5.26 Å². The van der Waals surface area contributed by atoms with Gasteiger partial charge in [-0.25, -0.2) is 0 Å². The van der Waals surface area contributed by atoms with Crippen molar-refractivity contribution in [3.05, 3.63) is 35.0 Å². The first-order chi connectivity index (χ1) is 7.17. The Hall–Kier alpha value is -1.66. The lowest BCUT2D eigenvalue weighted by atomic mass is 10.3. The van der Waals surface area contributed by atoms with Crippen LogP contribution in [-0.2, 0) is 0 Å². The van der Waals surface area contributed by atoms with Crippen molar-refractivity contribution in [2.75, 3.05) is 12.4 Å². The lowest BCUT2D eigenvalue weighted by molar-refractivity contribution is 0.415. The maximum absolute atomic E-state index is 8.57. The number of hydrogen-bond donors (Lipinski definition) is 1. The molecule has 1 aromatic rings. The number of nitrogens with zero attached hydrogens (tertiary/aromatic N) is 1. The Kier molecular flexibility index (Phi) is 4.02. The average molecular weight is 223 g/mol. The molecule has 0 aromatic heterocycles. The van der Waals surface area contributed by atoms with Crippen LogP contribution in [0.15, 0.2) is 35.0 Å². The standard InChI is InChI=1S/C11H11ClN2O/c1-8(11(12)7-13)14-9-3-5-10(15-2)6-4-9/h3-6,14H,1-2H3/b11-8-. The molecular formula is C11H11ClN2O. The number of methoxy groups -OCH3 is 1. The minimum absolute atomic E-state index is 0.158. The molecule has 1 aromatic carbocycles. The molecule has 3 nitrogen and oxygen atoms in total. The zero-order chi connectivity index (χ0) is 11.3. The molecule has 0 radical (unpaired) electrons. The van der Waals surface area contributed by atoms with Gasteiger partial charge in [0.05, 0.1) is 7.11 Å². The van der Waals surface area contributed by atoms with E-state index in [4.69, 9.17) is 21.6 Å². The number of ether oxygens (including phenoxy) is 1. The largest absolute Gasteiger partial charge is 0.497 e. The molecule has 0 aliphatic heterocycles. The first-order valence-corrected chi connectivity index (χ1v) is 4.72. The second-order valence-electron chi connectivity index (χ2n) is 2.90. The van der Waals surface area contributed by atoms with E-state index in [1.54, 1.807) is 14.0 Å². The molecule has 15 heavy (non-hydrogen) atoms. The molecular weight excluding hydrogens is 212 g/mol. The number of benzene rings is 1. The van der Waals surface area contributed by atoms with E-state index in [0.717, 1.165) is 11.4 Å². The van der Waals surface area contributed by atoms with E-state index >= 15 is 0 Å². The van der Waals surface area contributed by atoms with Gasteiger partial charge >= 0.3 is 0 Å². The van der Waals surface area contributed by atoms with E-state index in [9.17, 15) is 0 Å². The van der Waals surface area contributed by atoms with Crippen molar-refractivity contribution in [2.45, 2.75) is 6.92 Å². The van der Waals surface area contributed by atoms with Crippen LogP contribution in [0.4, 0.5) is 5.69 Å². The van der Waals surface area contributed by atoms with Crippen molar-refractivity contribution in [3.63, 3.8) is 0 Å². The fraction of sp³-hybridized carbons (Fsp3) is 0.182. The van der Waals surface area contributed by atoms with Crippen molar-refractivity contribution in [1.29, 1.82) is 5.26 Å². The number of rotatable bonds is 3. The van der Waals surface area contributed by atoms with Gasteiger partial charge in [0.2, 0.25) is 0 Å². The fourth-order valence-electron chi connectivity index (χ4n) is 1.03. The zero-order valence-electron chi connectivity index (χ0n) is 8.54. The molecule has 0 saturated heterocycles. The number of anilines is 1. The summed E-state index contributed by atoms with van der Waals surface area (Å²) in [6, 6.07) is 9.23. The van der Waals surface area contributed by atoms with Crippen molar-refractivity contribution in [2.24, 2.45) is 0 Å². The minimum atomic E-state index is 0.158. The topological polar surface area (TPSA) is 45.0 Å². The van der Waals surface area contributed by atoms with Crippen LogP contribution in [0, 0.1) is 11.3 Å². The SMILES string of the molecule is COc1ccc(N/C(C)=C(\Cl)C#N)cc1. The number of nitrogens with one attached hydrogen (secondary N) is 1. The maximum atomic E-state index is 8.57. The summed E-state index contributed by atoms with van der Waals surface area (Å²) in [5.41, 5.74) is 1.49. The smallest absolute Gasteiger partial charge is 0.137 e. The summed E-state index contributed by atoms with van der Waals surface area (Å²) in [5.74, 6) is 0.786. The van der Waals surface area contributed by atoms with E-state index < -0.39 is 0 Å². The van der Waals surface area contributed by atoms with Gasteiger partial charge in [-0.1, -0.05) is 11.6 Å². The average Bonchev–Trinajstić information content (AvgIpc) is 2.29. The van der Waals surface area contributed by atoms with E-state index in [-0.39, 0.29) is 5.03 Å². The van der Waals surface area contributed by atoms with E-state index in [2.05, 4.69) is 5.32 Å². The Morgan fingerprint density at radius 3 is 2.47 bits per heavy atom. The summed E-state index contributed by atoms with van der Waals surface area (Å²) < 4.78 is 5.02. The molecule has 0 aliphatic rings. The highest BCUT2D eigenvalue weighted by molar-refractivity contribution is 6.32. The van der Waals surface area contributed by atoms with E-state index in [1.807, 2.05) is 30.3 Å². The number of halogens is 1. The van der Waals surface area contributed by atoms with Gasteiger partial charge in [-0.05, 0) is 31.2 Å². The van der Waals surface area contributed by atoms with E-state index in [0.29, 0.717) is 5.70 Å². The predicted molar refractivity (Wildman–Crippen MR) is 60.8 cm³/mol. The Bertz CT molecular complexity index is 404. The van der Waals surface area contributed by atoms with Gasteiger partial charge in [-0.15, -0.1) is 0 Å². The highest BCUT2D eigenvalue weighted by atomic mass is 35.5. The normalized spacial score (nSPS) is 11.3. The van der Waals surface area contributed by atoms with Gasteiger partial charge in [0, 0.05) is 11.4 Å². The molecule has 0 fully saturated rings. The molecule has 0 unspecified atom stereocenters. The van der Waals surface area contributed by atoms with Crippen molar-refractivity contribution >= 4 is 17.3 Å². The van der Waals surface area contributed by atoms with Crippen LogP contribution in [0.5, 0.6) is 5.75 Å². The Labute approximate surface area is 93.9 Å². The zero-order valence-corrected chi connectivity index (χ0v) is 9.30. The second-order valence-corrected chi connectivity index (χ2v) is 3.28. The Morgan fingerprint density at radius 1 is 1.40 bits per heavy atom. The fourth-order valence-corrected chi connectivity index (χ4v) is 1.08. The Morgan fingerprint density at radius 2 is 2.00 bits per heavy atom. The highest BCUT2D eigenvalue weighted by Gasteiger charge is 1.99. The van der Waals surface area contributed by atoms with Crippen molar-refractivity contribution in [3.8, 4) is 11.8 Å². The molecule has 78 valence electrons. The van der Waals surface area contributed by atoms with Crippen LogP contribution in [0.1, 0.15) is 6.92 Å². The lowest BCUT2D eigenvalue weighted by Crippen LogP contribution is -1.96. The maximum Gasteiger partial charge on any atom is 0.137 e. The molecule has 0 bridgehead atoms. The summed E-state index contributed by atoms with van der Waals surface area (Å²) >= 11 is 5.66. The van der Waals surface area contributed by atoms with Crippen LogP contribution < -0.4 is 10.1 Å². The second kappa shape index (κ2) is 5.28. The molecule has 0 spiro atoms. The van der Waals surface area contributed by atoms with Crippen LogP contribution in [0.25, 0.3) is 0 Å². The van der Waals surface area contributed by atoms with Crippen LogP contribution in [0.2, 0.25) is 0 Å². The van der Waals surface area contributed by atoms with Gasteiger partial charge in [-0.3, -0.25) is 0 Å². The van der Waals surface area contributed by atoms with Crippen molar-refractivity contribution in [1.82, 2.24) is 0 Å². The molecule has 4 heteroatoms. The van der Waals surface area contributed by atoms with Crippen molar-refractivity contribution < 1.29 is 4.74 Å². The Balaban J connectivity index is 2.79. The van der Waals surface area contributed by atoms with Gasteiger partial charge in [0.1, 0.15) is 16.9 Å². The van der Waals surface area contributed by atoms with Crippen LogP contribution >= 0.6 is 11.6 Å². The molecule has 0 amide bonds. The van der Waals surface area contributed by atoms with Crippen LogP contribution in [0.3, 0.4) is 0 Å². The third-order valence-electron chi connectivity index (χ3n) is 1.85. The van der Waals surface area contributed by atoms with Gasteiger partial charge in [0.15, 0.2) is 0 Å². The molecule has 1 N–H and O–H groups in total. The number of hydrogen-bond acceptors (Lipinski definition) is 3. The summed E-state index contributed by atoms with van der Waals surface area (Å²) in [6.45, 7) is 1.75. The summed E-state index contributed by atoms with van der Waals surface area (Å²) in [5, 5.41) is 11.7. The summed E-state index contributed by atoms with van der Waals surface area (Å²) in [6.07, 6.45) is 0. The first kappa shape index (κ1) is 11.4. The van der Waals surface area contributed by atoms with E-state index in [1.165, 1.54) is 0 Å². The lowest BCUT2D eigenvalue weighted by Gasteiger charge is -2.07. The third kappa shape index (κ3) is 3.19. The van der Waals surface area contributed by atoms with Crippen LogP contribution in [-0.4, -0.2) is 7.11 Å². The third-order valence-corrected chi connectivity index (χ3v) is 2.22. The minimum Gasteiger partial charge on any atom is -0.497 e. The highest BCUT2D eigenvalue weighted by Crippen LogP contribution is 2.18. The summed E-state index contributed by atoms with van der Waals surface area (Å²) in [4.78, 5) is 0. The molecule has 0 heterocycles. The predicted octanol–water partition coefficient (Wildman–Crippen LogP) is 3.10. The molecule has 0 aliphatic carbocycles.